The van der Waals surface area contributed by atoms with E-state index in [1.165, 1.54) is 23.9 Å². The number of carbonyl (C=O) groups is 1. The van der Waals surface area contributed by atoms with Crippen LogP contribution in [0.3, 0.4) is 0 Å². The van der Waals surface area contributed by atoms with E-state index in [-0.39, 0.29) is 17.5 Å². The van der Waals surface area contributed by atoms with E-state index >= 15 is 0 Å². The molecule has 164 valence electrons. The summed E-state index contributed by atoms with van der Waals surface area (Å²) in [5.41, 5.74) is 2.38. The Kier molecular flexibility index (Phi) is 5.91. The zero-order valence-electron chi connectivity index (χ0n) is 17.4. The molecule has 0 atom stereocenters. The molecule has 0 aliphatic rings. The van der Waals surface area contributed by atoms with Gasteiger partial charge in [-0.1, -0.05) is 48.2 Å². The van der Waals surface area contributed by atoms with Gasteiger partial charge in [0.15, 0.2) is 11.0 Å². The van der Waals surface area contributed by atoms with E-state index in [2.05, 4.69) is 15.5 Å². The molecular weight excluding hydrogens is 439 g/mol. The number of furan rings is 1. The van der Waals surface area contributed by atoms with E-state index < -0.39 is 0 Å². The Morgan fingerprint density at radius 1 is 0.970 bits per heavy atom. The normalized spacial score (nSPS) is 11.1. The summed E-state index contributed by atoms with van der Waals surface area (Å²) in [6.07, 6.45) is 0. The molecule has 0 aliphatic carbocycles. The van der Waals surface area contributed by atoms with Crippen LogP contribution in [0.15, 0.2) is 94.5 Å². The number of para-hydroxylation sites is 2. The highest BCUT2D eigenvalue weighted by molar-refractivity contribution is 7.99. The summed E-state index contributed by atoms with van der Waals surface area (Å²) in [7, 11) is 0. The van der Waals surface area contributed by atoms with Crippen LogP contribution in [0, 0.1) is 5.82 Å². The van der Waals surface area contributed by atoms with E-state index in [9.17, 15) is 9.18 Å². The van der Waals surface area contributed by atoms with E-state index in [1.807, 2.05) is 65.2 Å². The van der Waals surface area contributed by atoms with Gasteiger partial charge in [-0.15, -0.1) is 10.2 Å². The van der Waals surface area contributed by atoms with Crippen molar-refractivity contribution in [3.8, 4) is 17.1 Å². The molecule has 1 amide bonds. The van der Waals surface area contributed by atoms with Crippen LogP contribution in [0.2, 0.25) is 0 Å². The monoisotopic (exact) mass is 458 g/mol. The van der Waals surface area contributed by atoms with Gasteiger partial charge in [-0.3, -0.25) is 9.36 Å². The standard InChI is InChI=1S/C25H19FN4O2S/c26-19-12-10-17(11-13-19)24-28-29-25(30(24)20-7-2-1-3-8-20)33-16-23(31)27-15-21-14-18-6-4-5-9-22(18)32-21/h1-14H,15-16H2,(H,27,31). The number of hydrogen-bond acceptors (Lipinski definition) is 5. The van der Waals surface area contributed by atoms with Gasteiger partial charge in [0.05, 0.1) is 12.3 Å². The number of halogens is 1. The summed E-state index contributed by atoms with van der Waals surface area (Å²) in [4.78, 5) is 12.5. The average molecular weight is 459 g/mol. The van der Waals surface area contributed by atoms with Gasteiger partial charge in [-0.25, -0.2) is 4.39 Å². The number of benzene rings is 3. The number of carbonyl (C=O) groups excluding carboxylic acids is 1. The minimum Gasteiger partial charge on any atom is -0.459 e. The number of nitrogens with one attached hydrogen (secondary N) is 1. The SMILES string of the molecule is O=C(CSc1nnc(-c2ccc(F)cc2)n1-c1ccccc1)NCc1cc2ccccc2o1. The van der Waals surface area contributed by atoms with Crippen molar-refractivity contribution < 1.29 is 13.6 Å². The van der Waals surface area contributed by atoms with Gasteiger partial charge in [0.25, 0.3) is 0 Å². The molecule has 2 aromatic heterocycles. The molecule has 8 heteroatoms. The molecule has 5 rings (SSSR count). The van der Waals surface area contributed by atoms with Crippen molar-refractivity contribution in [1.29, 1.82) is 0 Å². The topological polar surface area (TPSA) is 73.0 Å². The molecule has 0 aliphatic heterocycles. The molecular formula is C25H19FN4O2S. The third-order valence-electron chi connectivity index (χ3n) is 5.02. The Hall–Kier alpha value is -3.91. The van der Waals surface area contributed by atoms with E-state index in [1.54, 1.807) is 12.1 Å². The van der Waals surface area contributed by atoms with Gasteiger partial charge in [-0.05, 0) is 48.5 Å². The third-order valence-corrected chi connectivity index (χ3v) is 5.95. The number of amides is 1. The van der Waals surface area contributed by atoms with Crippen LogP contribution in [0.5, 0.6) is 0 Å². The van der Waals surface area contributed by atoms with Crippen molar-refractivity contribution in [2.45, 2.75) is 11.7 Å². The van der Waals surface area contributed by atoms with Crippen molar-refractivity contribution in [1.82, 2.24) is 20.1 Å². The van der Waals surface area contributed by atoms with Crippen LogP contribution in [0.25, 0.3) is 28.0 Å². The highest BCUT2D eigenvalue weighted by atomic mass is 32.2. The highest BCUT2D eigenvalue weighted by Gasteiger charge is 2.17. The summed E-state index contributed by atoms with van der Waals surface area (Å²) in [5.74, 6) is 0.966. The van der Waals surface area contributed by atoms with Gasteiger partial charge < -0.3 is 9.73 Å². The number of fused-ring (bicyclic) bond motifs is 1. The maximum atomic E-state index is 13.4. The van der Waals surface area contributed by atoms with Crippen LogP contribution >= 0.6 is 11.8 Å². The lowest BCUT2D eigenvalue weighted by Gasteiger charge is -2.10. The van der Waals surface area contributed by atoms with Crippen LogP contribution < -0.4 is 5.32 Å². The lowest BCUT2D eigenvalue weighted by atomic mass is 10.2. The van der Waals surface area contributed by atoms with Gasteiger partial charge in [-0.2, -0.15) is 0 Å². The van der Waals surface area contributed by atoms with E-state index in [0.717, 1.165) is 22.2 Å². The highest BCUT2D eigenvalue weighted by Crippen LogP contribution is 2.28. The number of thioether (sulfide) groups is 1. The molecule has 0 radical (unpaired) electrons. The lowest BCUT2D eigenvalue weighted by Crippen LogP contribution is -2.24. The fourth-order valence-electron chi connectivity index (χ4n) is 3.45. The molecule has 5 aromatic rings. The Balaban J connectivity index is 1.31. The molecule has 33 heavy (non-hydrogen) atoms. The van der Waals surface area contributed by atoms with Crippen LogP contribution in [-0.4, -0.2) is 26.4 Å². The second-order valence-corrected chi connectivity index (χ2v) is 8.24. The van der Waals surface area contributed by atoms with Crippen LogP contribution in [0.4, 0.5) is 4.39 Å². The summed E-state index contributed by atoms with van der Waals surface area (Å²) in [5, 5.41) is 13.1. The van der Waals surface area contributed by atoms with Crippen molar-refractivity contribution in [2.75, 3.05) is 5.75 Å². The molecule has 0 fully saturated rings. The second kappa shape index (κ2) is 9.30. The summed E-state index contributed by atoms with van der Waals surface area (Å²) >= 11 is 1.28. The van der Waals surface area contributed by atoms with E-state index in [4.69, 9.17) is 4.42 Å². The van der Waals surface area contributed by atoms with Crippen molar-refractivity contribution in [3.63, 3.8) is 0 Å². The maximum absolute atomic E-state index is 13.4. The first kappa shape index (κ1) is 21.0. The minimum absolute atomic E-state index is 0.147. The summed E-state index contributed by atoms with van der Waals surface area (Å²) in [6, 6.07) is 25.3. The fraction of sp³-hybridized carbons (Fsp3) is 0.0800. The minimum atomic E-state index is -0.319. The predicted octanol–water partition coefficient (Wildman–Crippen LogP) is 5.23. The largest absolute Gasteiger partial charge is 0.459 e. The third kappa shape index (κ3) is 4.65. The Bertz CT molecular complexity index is 1360. The summed E-state index contributed by atoms with van der Waals surface area (Å²) < 4.78 is 21.0. The molecule has 6 nitrogen and oxygen atoms in total. The Morgan fingerprint density at radius 3 is 2.52 bits per heavy atom. The van der Waals surface area contributed by atoms with Gasteiger partial charge in [0.2, 0.25) is 5.91 Å². The molecule has 0 spiro atoms. The smallest absolute Gasteiger partial charge is 0.230 e. The Morgan fingerprint density at radius 2 is 1.73 bits per heavy atom. The van der Waals surface area contributed by atoms with Crippen LogP contribution in [0.1, 0.15) is 5.76 Å². The first-order valence-electron chi connectivity index (χ1n) is 10.3. The predicted molar refractivity (Wildman–Crippen MR) is 126 cm³/mol. The van der Waals surface area contributed by atoms with Gasteiger partial charge >= 0.3 is 0 Å². The van der Waals surface area contributed by atoms with Crippen LogP contribution in [-0.2, 0) is 11.3 Å². The van der Waals surface area contributed by atoms with Crippen molar-refractivity contribution in [2.24, 2.45) is 0 Å². The van der Waals surface area contributed by atoms with Gasteiger partial charge in [0, 0.05) is 16.6 Å². The quantitative estimate of drug-likeness (QED) is 0.338. The van der Waals surface area contributed by atoms with Crippen molar-refractivity contribution >= 4 is 28.6 Å². The maximum Gasteiger partial charge on any atom is 0.230 e. The van der Waals surface area contributed by atoms with Gasteiger partial charge in [0.1, 0.15) is 17.2 Å². The van der Waals surface area contributed by atoms with E-state index in [0.29, 0.717) is 23.3 Å². The molecule has 1 N–H and O–H groups in total. The number of hydrogen-bond donors (Lipinski definition) is 1. The molecule has 0 bridgehead atoms. The summed E-state index contributed by atoms with van der Waals surface area (Å²) in [6.45, 7) is 0.306. The average Bonchev–Trinajstić information content (AvgIpc) is 3.46. The number of nitrogens with zero attached hydrogens (tertiary/aromatic N) is 3. The zero-order chi connectivity index (χ0) is 22.6. The molecule has 0 saturated heterocycles. The first-order valence-corrected chi connectivity index (χ1v) is 11.3. The lowest BCUT2D eigenvalue weighted by molar-refractivity contribution is -0.118. The number of rotatable bonds is 7. The molecule has 0 saturated carbocycles. The molecule has 2 heterocycles. The molecule has 3 aromatic carbocycles. The zero-order valence-corrected chi connectivity index (χ0v) is 18.3. The fourth-order valence-corrected chi connectivity index (χ4v) is 4.23. The number of aromatic nitrogens is 3. The Labute approximate surface area is 193 Å². The second-order valence-electron chi connectivity index (χ2n) is 7.30. The first-order chi connectivity index (χ1) is 16.2. The van der Waals surface area contributed by atoms with Crippen molar-refractivity contribution in [3.05, 3.63) is 96.5 Å². The molecule has 0 unspecified atom stereocenters.